The Hall–Kier alpha value is -1.82. The first-order chi connectivity index (χ1) is 8.58. The first kappa shape index (κ1) is 14.2. The first-order valence-electron chi connectivity index (χ1n) is 5.36. The molecule has 0 bridgehead atoms. The van der Waals surface area contributed by atoms with Crippen molar-refractivity contribution in [1.29, 1.82) is 0 Å². The quantitative estimate of drug-likeness (QED) is 0.657. The van der Waals surface area contributed by atoms with Crippen molar-refractivity contribution in [3.05, 3.63) is 28.1 Å². The molecular weight excluding hydrogens is 254 g/mol. The van der Waals surface area contributed by atoms with Crippen molar-refractivity contribution in [2.24, 2.45) is 0 Å². The standard InChI is InChI=1S/C12H15NO4S/c1-4-17-10(14)7-8(2)13-9-5-6-18-11(9)12(15)16-3/h5-7,13H,4H2,1-3H3/b8-7-. The van der Waals surface area contributed by atoms with Crippen molar-refractivity contribution in [2.75, 3.05) is 19.0 Å². The second-order valence-electron chi connectivity index (χ2n) is 3.36. The summed E-state index contributed by atoms with van der Waals surface area (Å²) in [6.07, 6.45) is 1.34. The SMILES string of the molecule is CCOC(=O)/C=C(/C)Nc1ccsc1C(=O)OC. The van der Waals surface area contributed by atoms with E-state index in [2.05, 4.69) is 10.1 Å². The van der Waals surface area contributed by atoms with Crippen molar-refractivity contribution in [2.45, 2.75) is 13.8 Å². The third kappa shape index (κ3) is 3.89. The Labute approximate surface area is 109 Å². The minimum absolute atomic E-state index is 0.328. The zero-order valence-corrected chi connectivity index (χ0v) is 11.3. The molecule has 0 atom stereocenters. The number of hydrogen-bond acceptors (Lipinski definition) is 6. The van der Waals surface area contributed by atoms with Gasteiger partial charge in [0, 0.05) is 11.8 Å². The zero-order chi connectivity index (χ0) is 13.5. The lowest BCUT2D eigenvalue weighted by Crippen LogP contribution is -2.06. The summed E-state index contributed by atoms with van der Waals surface area (Å²) in [5.41, 5.74) is 1.21. The minimum atomic E-state index is -0.419. The van der Waals surface area contributed by atoms with Gasteiger partial charge in [0.05, 0.1) is 19.4 Å². The molecule has 0 aromatic carbocycles. The van der Waals surface area contributed by atoms with Crippen LogP contribution in [0.1, 0.15) is 23.5 Å². The number of carbonyl (C=O) groups excluding carboxylic acids is 2. The van der Waals surface area contributed by atoms with E-state index >= 15 is 0 Å². The lowest BCUT2D eigenvalue weighted by molar-refractivity contribution is -0.137. The number of nitrogens with one attached hydrogen (secondary N) is 1. The molecular formula is C12H15NO4S. The van der Waals surface area contributed by atoms with Crippen molar-refractivity contribution in [1.82, 2.24) is 0 Å². The van der Waals surface area contributed by atoms with Crippen LogP contribution in [0, 0.1) is 0 Å². The molecule has 1 N–H and O–H groups in total. The Morgan fingerprint density at radius 1 is 1.50 bits per heavy atom. The van der Waals surface area contributed by atoms with Crippen LogP contribution < -0.4 is 5.32 Å². The molecule has 0 amide bonds. The number of methoxy groups -OCH3 is 1. The average molecular weight is 269 g/mol. The molecule has 18 heavy (non-hydrogen) atoms. The summed E-state index contributed by atoms with van der Waals surface area (Å²) < 4.78 is 9.44. The van der Waals surface area contributed by atoms with Gasteiger partial charge in [0.25, 0.3) is 0 Å². The van der Waals surface area contributed by atoms with Crippen LogP contribution >= 0.6 is 11.3 Å². The summed E-state index contributed by atoms with van der Waals surface area (Å²) in [5.74, 6) is -0.825. The van der Waals surface area contributed by atoms with Crippen LogP contribution in [0.4, 0.5) is 5.69 Å². The number of esters is 2. The summed E-state index contributed by atoms with van der Waals surface area (Å²) >= 11 is 1.27. The molecule has 0 aliphatic carbocycles. The second kappa shape index (κ2) is 6.80. The number of ether oxygens (including phenoxy) is 2. The van der Waals surface area contributed by atoms with Gasteiger partial charge in [0.15, 0.2) is 0 Å². The maximum absolute atomic E-state index is 11.4. The predicted molar refractivity (Wildman–Crippen MR) is 69.7 cm³/mol. The minimum Gasteiger partial charge on any atom is -0.465 e. The van der Waals surface area contributed by atoms with Crippen LogP contribution in [0.15, 0.2) is 23.2 Å². The van der Waals surface area contributed by atoms with Gasteiger partial charge < -0.3 is 14.8 Å². The molecule has 1 aromatic heterocycles. The number of anilines is 1. The topological polar surface area (TPSA) is 64.6 Å². The molecule has 5 nitrogen and oxygen atoms in total. The Balaban J connectivity index is 2.76. The molecule has 0 aliphatic heterocycles. The summed E-state index contributed by atoms with van der Waals surface area (Å²) in [6.45, 7) is 3.78. The van der Waals surface area contributed by atoms with Crippen molar-refractivity contribution in [3.63, 3.8) is 0 Å². The fourth-order valence-electron chi connectivity index (χ4n) is 1.27. The second-order valence-corrected chi connectivity index (χ2v) is 4.28. The van der Waals surface area contributed by atoms with E-state index in [1.807, 2.05) is 0 Å². The van der Waals surface area contributed by atoms with Gasteiger partial charge in [0.2, 0.25) is 0 Å². The van der Waals surface area contributed by atoms with E-state index in [4.69, 9.17) is 4.74 Å². The smallest absolute Gasteiger partial charge is 0.350 e. The molecule has 6 heteroatoms. The maximum Gasteiger partial charge on any atom is 0.350 e. The van der Waals surface area contributed by atoms with Gasteiger partial charge in [-0.2, -0.15) is 0 Å². The number of carbonyl (C=O) groups is 2. The highest BCUT2D eigenvalue weighted by molar-refractivity contribution is 7.12. The van der Waals surface area contributed by atoms with Crippen LogP contribution in [-0.2, 0) is 14.3 Å². The average Bonchev–Trinajstić information content (AvgIpc) is 2.76. The van der Waals surface area contributed by atoms with Gasteiger partial charge in [-0.3, -0.25) is 0 Å². The summed E-state index contributed by atoms with van der Waals surface area (Å²) in [7, 11) is 1.33. The van der Waals surface area contributed by atoms with E-state index in [-0.39, 0.29) is 0 Å². The van der Waals surface area contributed by atoms with Crippen molar-refractivity contribution >= 4 is 29.0 Å². The third-order valence-corrected chi connectivity index (χ3v) is 2.88. The Bertz CT molecular complexity index is 464. The highest BCUT2D eigenvalue weighted by Crippen LogP contribution is 2.24. The van der Waals surface area contributed by atoms with E-state index in [0.717, 1.165) is 0 Å². The van der Waals surface area contributed by atoms with E-state index in [1.54, 1.807) is 25.3 Å². The predicted octanol–water partition coefficient (Wildman–Crippen LogP) is 2.41. The highest BCUT2D eigenvalue weighted by Gasteiger charge is 2.13. The molecule has 0 radical (unpaired) electrons. The molecule has 0 saturated carbocycles. The molecule has 1 rings (SSSR count). The highest BCUT2D eigenvalue weighted by atomic mass is 32.1. The molecule has 0 saturated heterocycles. The fourth-order valence-corrected chi connectivity index (χ4v) is 2.03. The number of thiophene rings is 1. The van der Waals surface area contributed by atoms with Crippen molar-refractivity contribution < 1.29 is 19.1 Å². The first-order valence-corrected chi connectivity index (χ1v) is 6.24. The molecule has 0 unspecified atom stereocenters. The van der Waals surface area contributed by atoms with Crippen LogP contribution in [-0.4, -0.2) is 25.7 Å². The Morgan fingerprint density at radius 3 is 2.83 bits per heavy atom. The van der Waals surface area contributed by atoms with Gasteiger partial charge in [-0.05, 0) is 25.3 Å². The molecule has 98 valence electrons. The summed E-state index contributed by atoms with van der Waals surface area (Å²) in [6, 6.07) is 1.75. The fraction of sp³-hybridized carbons (Fsp3) is 0.333. The molecule has 0 aliphatic rings. The number of hydrogen-bond donors (Lipinski definition) is 1. The van der Waals surface area contributed by atoms with E-state index in [1.165, 1.54) is 24.5 Å². The molecule has 0 spiro atoms. The van der Waals surface area contributed by atoms with Crippen LogP contribution in [0.2, 0.25) is 0 Å². The maximum atomic E-state index is 11.4. The van der Waals surface area contributed by atoms with E-state index in [0.29, 0.717) is 22.9 Å². The van der Waals surface area contributed by atoms with E-state index < -0.39 is 11.9 Å². The van der Waals surface area contributed by atoms with E-state index in [9.17, 15) is 9.59 Å². The van der Waals surface area contributed by atoms with Gasteiger partial charge in [-0.25, -0.2) is 9.59 Å². The number of rotatable bonds is 5. The third-order valence-electron chi connectivity index (χ3n) is 1.99. The largest absolute Gasteiger partial charge is 0.465 e. The molecule has 0 fully saturated rings. The van der Waals surface area contributed by atoms with Gasteiger partial charge in [0.1, 0.15) is 4.88 Å². The van der Waals surface area contributed by atoms with Gasteiger partial charge >= 0.3 is 11.9 Å². The summed E-state index contributed by atoms with van der Waals surface area (Å²) in [4.78, 5) is 23.1. The van der Waals surface area contributed by atoms with Crippen molar-refractivity contribution in [3.8, 4) is 0 Å². The van der Waals surface area contributed by atoms with Gasteiger partial charge in [-0.1, -0.05) is 0 Å². The lowest BCUT2D eigenvalue weighted by atomic mass is 10.3. The van der Waals surface area contributed by atoms with Crippen LogP contribution in [0.3, 0.4) is 0 Å². The van der Waals surface area contributed by atoms with Crippen LogP contribution in [0.25, 0.3) is 0 Å². The Kier molecular flexibility index (Phi) is 5.38. The Morgan fingerprint density at radius 2 is 2.22 bits per heavy atom. The monoisotopic (exact) mass is 269 g/mol. The normalized spacial score (nSPS) is 10.9. The number of allylic oxidation sites excluding steroid dienone is 1. The molecule has 1 aromatic rings. The van der Waals surface area contributed by atoms with Gasteiger partial charge in [-0.15, -0.1) is 11.3 Å². The lowest BCUT2D eigenvalue weighted by Gasteiger charge is -2.06. The summed E-state index contributed by atoms with van der Waals surface area (Å²) in [5, 5.41) is 4.73. The zero-order valence-electron chi connectivity index (χ0n) is 10.5. The molecule has 1 heterocycles. The van der Waals surface area contributed by atoms with Crippen LogP contribution in [0.5, 0.6) is 0 Å².